The van der Waals surface area contributed by atoms with Gasteiger partial charge in [-0.2, -0.15) is 0 Å². The molecule has 1 amide bonds. The number of carbonyl (C=O) groups excluding carboxylic acids is 1. The van der Waals surface area contributed by atoms with Gasteiger partial charge in [0.25, 0.3) is 0 Å². The van der Waals surface area contributed by atoms with E-state index in [9.17, 15) is 4.79 Å². The number of hydrogen-bond acceptors (Lipinski definition) is 1. The summed E-state index contributed by atoms with van der Waals surface area (Å²) in [6.07, 6.45) is 3.49. The van der Waals surface area contributed by atoms with Crippen LogP contribution in [0.2, 0.25) is 0 Å². The maximum absolute atomic E-state index is 11.5. The molecule has 0 aliphatic rings. The normalized spacial score (nSPS) is 12.7. The minimum Gasteiger partial charge on any atom is -0.356 e. The Morgan fingerprint density at radius 3 is 1.93 bits per heavy atom. The zero-order valence-corrected chi connectivity index (χ0v) is 11.2. The molecule has 2 heteroatoms. The lowest BCUT2D eigenvalue weighted by Gasteiger charge is -2.19. The zero-order chi connectivity index (χ0) is 12.1. The van der Waals surface area contributed by atoms with E-state index in [4.69, 9.17) is 0 Å². The molecule has 0 unspecified atom stereocenters. The number of rotatable bonds is 4. The van der Waals surface area contributed by atoms with Crippen molar-refractivity contribution in [3.05, 3.63) is 0 Å². The highest BCUT2D eigenvalue weighted by molar-refractivity contribution is 5.81. The van der Waals surface area contributed by atoms with Crippen LogP contribution in [0.4, 0.5) is 0 Å². The van der Waals surface area contributed by atoms with Crippen molar-refractivity contribution in [2.45, 2.75) is 60.8 Å². The van der Waals surface area contributed by atoms with E-state index < -0.39 is 0 Å². The molecule has 0 atom stereocenters. The summed E-state index contributed by atoms with van der Waals surface area (Å²) < 4.78 is 0. The molecule has 0 saturated heterocycles. The monoisotopic (exact) mass is 213 g/mol. The summed E-state index contributed by atoms with van der Waals surface area (Å²) in [5.41, 5.74) is 0.151. The topological polar surface area (TPSA) is 29.1 Å². The second-order valence-corrected chi connectivity index (χ2v) is 6.52. The van der Waals surface area contributed by atoms with E-state index in [1.54, 1.807) is 0 Å². The third kappa shape index (κ3) is 8.46. The summed E-state index contributed by atoms with van der Waals surface area (Å²) in [5.74, 6) is 0.151. The Morgan fingerprint density at radius 2 is 1.53 bits per heavy atom. The van der Waals surface area contributed by atoms with Crippen LogP contribution in [0.15, 0.2) is 0 Å². The molecule has 0 rings (SSSR count). The standard InChI is InChI=1S/C13H27NO/c1-12(2,3)9-7-8-10-14-11(15)13(4,5)6/h7-10H2,1-6H3,(H,14,15). The van der Waals surface area contributed by atoms with Crippen LogP contribution in [0.5, 0.6) is 0 Å². The Kier molecular flexibility index (Phi) is 5.33. The summed E-state index contributed by atoms with van der Waals surface area (Å²) in [6.45, 7) is 13.4. The van der Waals surface area contributed by atoms with E-state index in [-0.39, 0.29) is 11.3 Å². The molecule has 0 aliphatic heterocycles. The second kappa shape index (κ2) is 5.53. The lowest BCUT2D eigenvalue weighted by atomic mass is 9.90. The van der Waals surface area contributed by atoms with Gasteiger partial charge in [0.15, 0.2) is 0 Å². The van der Waals surface area contributed by atoms with Crippen LogP contribution in [0.3, 0.4) is 0 Å². The summed E-state index contributed by atoms with van der Waals surface area (Å²) >= 11 is 0. The van der Waals surface area contributed by atoms with Crippen molar-refractivity contribution in [2.24, 2.45) is 10.8 Å². The maximum atomic E-state index is 11.5. The summed E-state index contributed by atoms with van der Waals surface area (Å²) in [6, 6.07) is 0. The predicted octanol–water partition coefficient (Wildman–Crippen LogP) is 3.37. The quantitative estimate of drug-likeness (QED) is 0.713. The van der Waals surface area contributed by atoms with E-state index >= 15 is 0 Å². The molecule has 0 radical (unpaired) electrons. The van der Waals surface area contributed by atoms with Gasteiger partial charge >= 0.3 is 0 Å². The fourth-order valence-corrected chi connectivity index (χ4v) is 1.25. The lowest BCUT2D eigenvalue weighted by Crippen LogP contribution is -2.35. The fraction of sp³-hybridized carbons (Fsp3) is 0.923. The van der Waals surface area contributed by atoms with Crippen molar-refractivity contribution in [2.75, 3.05) is 6.54 Å². The van der Waals surface area contributed by atoms with Crippen LogP contribution in [0, 0.1) is 10.8 Å². The molecule has 15 heavy (non-hydrogen) atoms. The van der Waals surface area contributed by atoms with Crippen molar-refractivity contribution in [3.8, 4) is 0 Å². The van der Waals surface area contributed by atoms with Gasteiger partial charge in [-0.1, -0.05) is 48.0 Å². The average Bonchev–Trinajstić information content (AvgIpc) is 1.99. The Balaban J connectivity index is 3.53. The molecule has 2 nitrogen and oxygen atoms in total. The van der Waals surface area contributed by atoms with Crippen molar-refractivity contribution >= 4 is 5.91 Å². The Morgan fingerprint density at radius 1 is 1.00 bits per heavy atom. The molecule has 0 aromatic carbocycles. The van der Waals surface area contributed by atoms with Gasteiger partial charge in [0.1, 0.15) is 0 Å². The van der Waals surface area contributed by atoms with Gasteiger partial charge in [0, 0.05) is 12.0 Å². The summed E-state index contributed by atoms with van der Waals surface area (Å²) in [7, 11) is 0. The fourth-order valence-electron chi connectivity index (χ4n) is 1.25. The Hall–Kier alpha value is -0.530. The van der Waals surface area contributed by atoms with Crippen LogP contribution >= 0.6 is 0 Å². The highest BCUT2D eigenvalue weighted by Gasteiger charge is 2.20. The molecule has 1 N–H and O–H groups in total. The van der Waals surface area contributed by atoms with Crippen molar-refractivity contribution in [3.63, 3.8) is 0 Å². The third-order valence-electron chi connectivity index (χ3n) is 2.32. The molecule has 0 aromatic heterocycles. The van der Waals surface area contributed by atoms with E-state index in [1.165, 1.54) is 12.8 Å². The second-order valence-electron chi connectivity index (χ2n) is 6.52. The maximum Gasteiger partial charge on any atom is 0.225 e. The van der Waals surface area contributed by atoms with Gasteiger partial charge in [-0.25, -0.2) is 0 Å². The molecule has 0 heterocycles. The Labute approximate surface area is 94.8 Å². The number of nitrogens with one attached hydrogen (secondary N) is 1. The van der Waals surface area contributed by atoms with Gasteiger partial charge in [0.2, 0.25) is 5.91 Å². The van der Waals surface area contributed by atoms with Crippen LogP contribution < -0.4 is 5.32 Å². The molecule has 0 saturated carbocycles. The number of unbranched alkanes of at least 4 members (excludes halogenated alkanes) is 1. The molecular formula is C13H27NO. The van der Waals surface area contributed by atoms with Crippen LogP contribution in [0.1, 0.15) is 60.8 Å². The van der Waals surface area contributed by atoms with E-state index in [0.717, 1.165) is 13.0 Å². The van der Waals surface area contributed by atoms with E-state index in [0.29, 0.717) is 5.41 Å². The summed E-state index contributed by atoms with van der Waals surface area (Å²) in [5, 5.41) is 2.97. The largest absolute Gasteiger partial charge is 0.356 e. The van der Waals surface area contributed by atoms with Gasteiger partial charge in [-0.15, -0.1) is 0 Å². The lowest BCUT2D eigenvalue weighted by molar-refractivity contribution is -0.128. The molecule has 90 valence electrons. The van der Waals surface area contributed by atoms with Gasteiger partial charge in [-0.05, 0) is 18.3 Å². The molecule has 0 aromatic rings. The molecule has 0 bridgehead atoms. The van der Waals surface area contributed by atoms with Gasteiger partial charge in [-0.3, -0.25) is 4.79 Å². The first-order valence-corrected chi connectivity index (χ1v) is 5.91. The predicted molar refractivity (Wildman–Crippen MR) is 65.8 cm³/mol. The zero-order valence-electron chi connectivity index (χ0n) is 11.2. The van der Waals surface area contributed by atoms with Crippen molar-refractivity contribution < 1.29 is 4.79 Å². The van der Waals surface area contributed by atoms with Crippen molar-refractivity contribution in [1.29, 1.82) is 0 Å². The van der Waals surface area contributed by atoms with E-state index in [1.807, 2.05) is 20.8 Å². The first-order valence-electron chi connectivity index (χ1n) is 5.91. The minimum atomic E-state index is -0.260. The number of carbonyl (C=O) groups is 1. The molecule has 0 spiro atoms. The van der Waals surface area contributed by atoms with Crippen LogP contribution in [-0.2, 0) is 4.79 Å². The first-order chi connectivity index (χ1) is 6.63. The number of amides is 1. The van der Waals surface area contributed by atoms with Crippen molar-refractivity contribution in [1.82, 2.24) is 5.32 Å². The highest BCUT2D eigenvalue weighted by Crippen LogP contribution is 2.21. The first kappa shape index (κ1) is 14.5. The van der Waals surface area contributed by atoms with Crippen LogP contribution in [-0.4, -0.2) is 12.5 Å². The molecule has 0 fully saturated rings. The summed E-state index contributed by atoms with van der Waals surface area (Å²) in [4.78, 5) is 11.5. The average molecular weight is 213 g/mol. The molecule has 0 aliphatic carbocycles. The van der Waals surface area contributed by atoms with Gasteiger partial charge in [0.05, 0.1) is 0 Å². The number of hydrogen-bond donors (Lipinski definition) is 1. The smallest absolute Gasteiger partial charge is 0.225 e. The highest BCUT2D eigenvalue weighted by atomic mass is 16.2. The SMILES string of the molecule is CC(C)(C)CCCCNC(=O)C(C)(C)C. The third-order valence-corrected chi connectivity index (χ3v) is 2.32. The van der Waals surface area contributed by atoms with Crippen LogP contribution in [0.25, 0.3) is 0 Å². The van der Waals surface area contributed by atoms with E-state index in [2.05, 4.69) is 26.1 Å². The van der Waals surface area contributed by atoms with Gasteiger partial charge < -0.3 is 5.32 Å². The Bertz CT molecular complexity index is 196. The minimum absolute atomic E-state index is 0.151. The molecular weight excluding hydrogens is 186 g/mol.